The number of rotatable bonds is 3. The van der Waals surface area contributed by atoms with Crippen LogP contribution in [0.15, 0.2) is 120 Å². The van der Waals surface area contributed by atoms with Crippen LogP contribution in [-0.4, -0.2) is 15.0 Å². The summed E-state index contributed by atoms with van der Waals surface area (Å²) < 4.78 is 6.18. The Kier molecular flexibility index (Phi) is 8.89. The zero-order valence-corrected chi connectivity index (χ0v) is 28.4. The molecule has 4 aromatic carbocycles. The minimum absolute atomic E-state index is 0. The third-order valence-corrected chi connectivity index (χ3v) is 8.00. The average Bonchev–Trinajstić information content (AvgIpc) is 3.44. The molecule has 227 valence electrons. The predicted octanol–water partition coefficient (Wildman–Crippen LogP) is 10.4. The molecule has 1 radical (unpaired) electrons. The zero-order valence-electron chi connectivity index (χ0n) is 26.1. The zero-order chi connectivity index (χ0) is 30.9. The van der Waals surface area contributed by atoms with Gasteiger partial charge in [0.25, 0.3) is 0 Å². The molecule has 0 aliphatic rings. The van der Waals surface area contributed by atoms with Crippen LogP contribution in [0.1, 0.15) is 22.4 Å². The molecule has 0 atom stereocenters. The second-order valence-electron chi connectivity index (χ2n) is 11.4. The Hall–Kier alpha value is -4.96. The molecular weight excluding hydrogens is 743 g/mol. The fourth-order valence-corrected chi connectivity index (χ4v) is 5.59. The maximum absolute atomic E-state index is 6.18. The minimum atomic E-state index is 0. The summed E-state index contributed by atoms with van der Waals surface area (Å²) in [6.07, 6.45) is 3.80. The van der Waals surface area contributed by atoms with Crippen molar-refractivity contribution in [1.29, 1.82) is 0 Å². The van der Waals surface area contributed by atoms with Crippen LogP contribution in [0.3, 0.4) is 0 Å². The summed E-state index contributed by atoms with van der Waals surface area (Å²) >= 11 is 0. The SMILES string of the molecule is Cc1ccc(-c2[c-]cccc2)nc1.Cc1ccc2cc(-c3cc(-c4[c-]ccc5c4oc4nc(C)ccc45)ncc3C)ccc2c1.[Ir]. The van der Waals surface area contributed by atoms with E-state index in [2.05, 4.69) is 90.5 Å². The van der Waals surface area contributed by atoms with Crippen molar-refractivity contribution in [3.05, 3.63) is 150 Å². The largest absolute Gasteiger partial charge is 0.486 e. The number of nitrogens with zero attached hydrogens (tertiary/aromatic N) is 3. The summed E-state index contributed by atoms with van der Waals surface area (Å²) in [4.78, 5) is 13.6. The first-order valence-electron chi connectivity index (χ1n) is 15.0. The standard InChI is InChI=1S/C29H21N2O.C12H10N.Ir/c1-17-7-9-21-14-22(11-10-20(21)13-17)26-15-27(30-16-18(26)2)25-6-4-5-23-24-12-8-19(3)31-29(24)32-28(23)25;1-10-7-8-12(13-9-10)11-5-3-2-4-6-11;/h4-5,7-16H,1-3H3;2-5,7-9H,1H3;/q2*-1;. The number of pyridine rings is 3. The molecule has 4 nitrogen and oxygen atoms in total. The molecule has 0 aliphatic carbocycles. The smallest absolute Gasteiger partial charge is 0.216 e. The molecule has 0 unspecified atom stereocenters. The van der Waals surface area contributed by atoms with Crippen molar-refractivity contribution in [1.82, 2.24) is 15.0 Å². The summed E-state index contributed by atoms with van der Waals surface area (Å²) in [5.41, 5.74) is 12.0. The van der Waals surface area contributed by atoms with E-state index < -0.39 is 0 Å². The van der Waals surface area contributed by atoms with Crippen molar-refractivity contribution in [2.75, 3.05) is 0 Å². The van der Waals surface area contributed by atoms with Gasteiger partial charge in [0.2, 0.25) is 5.71 Å². The van der Waals surface area contributed by atoms with Gasteiger partial charge in [-0.15, -0.1) is 54.1 Å². The summed E-state index contributed by atoms with van der Waals surface area (Å²) in [6.45, 7) is 8.23. The second-order valence-corrected chi connectivity index (χ2v) is 11.4. The quantitative estimate of drug-likeness (QED) is 0.168. The summed E-state index contributed by atoms with van der Waals surface area (Å²) in [6, 6.07) is 41.8. The maximum Gasteiger partial charge on any atom is 0.216 e. The van der Waals surface area contributed by atoms with Gasteiger partial charge in [-0.05, 0) is 90.3 Å². The Bertz CT molecular complexity index is 2310. The molecule has 0 saturated carbocycles. The molecule has 0 N–H and O–H groups in total. The van der Waals surface area contributed by atoms with Crippen molar-refractivity contribution in [3.63, 3.8) is 0 Å². The van der Waals surface area contributed by atoms with Gasteiger partial charge in [-0.3, -0.25) is 0 Å². The van der Waals surface area contributed by atoms with E-state index in [9.17, 15) is 0 Å². The first-order chi connectivity index (χ1) is 21.9. The van der Waals surface area contributed by atoms with Crippen molar-refractivity contribution in [2.24, 2.45) is 0 Å². The molecule has 0 bridgehead atoms. The molecule has 0 amide bonds. The van der Waals surface area contributed by atoms with E-state index in [0.717, 1.165) is 55.7 Å². The minimum Gasteiger partial charge on any atom is -0.486 e. The number of aromatic nitrogens is 3. The number of hydrogen-bond donors (Lipinski definition) is 0. The molecule has 0 saturated heterocycles. The summed E-state index contributed by atoms with van der Waals surface area (Å²) in [7, 11) is 0. The van der Waals surface area contributed by atoms with E-state index in [1.165, 1.54) is 27.5 Å². The maximum atomic E-state index is 6.18. The van der Waals surface area contributed by atoms with Crippen LogP contribution in [-0.2, 0) is 20.1 Å². The number of hydrogen-bond acceptors (Lipinski definition) is 4. The monoisotopic (exact) mass is 774 g/mol. The molecule has 5 heteroatoms. The Balaban J connectivity index is 0.000000223. The fourth-order valence-electron chi connectivity index (χ4n) is 5.59. The van der Waals surface area contributed by atoms with Gasteiger partial charge in [-0.25, -0.2) is 4.98 Å². The van der Waals surface area contributed by atoms with Gasteiger partial charge in [0, 0.05) is 43.6 Å². The van der Waals surface area contributed by atoms with Crippen LogP contribution >= 0.6 is 0 Å². The molecule has 0 spiro atoms. The molecule has 8 aromatic rings. The van der Waals surface area contributed by atoms with Gasteiger partial charge < -0.3 is 14.4 Å². The Labute approximate surface area is 282 Å². The van der Waals surface area contributed by atoms with E-state index >= 15 is 0 Å². The average molecular weight is 774 g/mol. The van der Waals surface area contributed by atoms with Crippen molar-refractivity contribution in [2.45, 2.75) is 27.7 Å². The van der Waals surface area contributed by atoms with Crippen LogP contribution in [0.2, 0.25) is 0 Å². The van der Waals surface area contributed by atoms with Gasteiger partial charge in [-0.1, -0.05) is 65.0 Å². The van der Waals surface area contributed by atoms with Crippen LogP contribution < -0.4 is 0 Å². The first-order valence-corrected chi connectivity index (χ1v) is 15.0. The molecule has 4 aromatic heterocycles. The normalized spacial score (nSPS) is 10.9. The third kappa shape index (κ3) is 6.25. The van der Waals surface area contributed by atoms with E-state index in [1.54, 1.807) is 0 Å². The van der Waals surface area contributed by atoms with Gasteiger partial charge in [0.05, 0.1) is 5.58 Å². The number of aryl methyl sites for hydroxylation is 4. The van der Waals surface area contributed by atoms with Crippen LogP contribution in [0, 0.1) is 39.8 Å². The Morgan fingerprint density at radius 1 is 0.630 bits per heavy atom. The van der Waals surface area contributed by atoms with Crippen molar-refractivity contribution in [3.8, 4) is 33.6 Å². The van der Waals surface area contributed by atoms with Crippen LogP contribution in [0.5, 0.6) is 0 Å². The van der Waals surface area contributed by atoms with Gasteiger partial charge in [0.15, 0.2) is 0 Å². The summed E-state index contributed by atoms with van der Waals surface area (Å²) in [5.74, 6) is 0. The Morgan fingerprint density at radius 3 is 2.24 bits per heavy atom. The molecule has 0 aliphatic heterocycles. The van der Waals surface area contributed by atoms with E-state index in [0.29, 0.717) is 5.71 Å². The summed E-state index contributed by atoms with van der Waals surface area (Å²) in [5, 5.41) is 4.53. The molecule has 8 rings (SSSR count). The van der Waals surface area contributed by atoms with Crippen LogP contribution in [0.4, 0.5) is 0 Å². The van der Waals surface area contributed by atoms with E-state index in [-0.39, 0.29) is 20.1 Å². The van der Waals surface area contributed by atoms with Gasteiger partial charge in [0.1, 0.15) is 0 Å². The van der Waals surface area contributed by atoms with Crippen LogP contribution in [0.25, 0.3) is 66.5 Å². The molecular formula is C41H31IrN3O-2. The number of fused-ring (bicyclic) bond motifs is 4. The second kappa shape index (κ2) is 13.2. The molecule has 4 heterocycles. The van der Waals surface area contributed by atoms with E-state index in [4.69, 9.17) is 9.40 Å². The predicted molar refractivity (Wildman–Crippen MR) is 184 cm³/mol. The van der Waals surface area contributed by atoms with Gasteiger partial charge in [-0.2, -0.15) is 0 Å². The number of furan rings is 1. The van der Waals surface area contributed by atoms with Crippen molar-refractivity contribution >= 4 is 32.8 Å². The topological polar surface area (TPSA) is 51.8 Å². The fraction of sp³-hybridized carbons (Fsp3) is 0.0976. The number of benzene rings is 4. The Morgan fingerprint density at radius 2 is 1.43 bits per heavy atom. The first kappa shape index (κ1) is 31.0. The van der Waals surface area contributed by atoms with E-state index in [1.807, 2.05) is 74.8 Å². The molecule has 0 fully saturated rings. The van der Waals surface area contributed by atoms with Gasteiger partial charge >= 0.3 is 0 Å². The van der Waals surface area contributed by atoms with Crippen molar-refractivity contribution < 1.29 is 24.5 Å². The third-order valence-electron chi connectivity index (χ3n) is 8.00. The molecule has 46 heavy (non-hydrogen) atoms.